The van der Waals surface area contributed by atoms with Crippen LogP contribution in [0.25, 0.3) is 0 Å². The van der Waals surface area contributed by atoms with Gasteiger partial charge in [0.25, 0.3) is 5.91 Å². The highest BCUT2D eigenvalue weighted by atomic mass is 19.1. The van der Waals surface area contributed by atoms with Crippen molar-refractivity contribution in [1.82, 2.24) is 5.43 Å². The van der Waals surface area contributed by atoms with E-state index in [2.05, 4.69) is 10.7 Å². The molecule has 3 amide bonds. The third kappa shape index (κ3) is 3.38. The molecule has 2 N–H and O–H groups in total. The van der Waals surface area contributed by atoms with Crippen molar-refractivity contribution in [3.63, 3.8) is 0 Å². The Morgan fingerprint density at radius 3 is 2.57 bits per heavy atom. The number of carbonyl (C=O) groups excluding carboxylic acids is 3. The Balaban J connectivity index is 1.56. The summed E-state index contributed by atoms with van der Waals surface area (Å²) in [5.41, 5.74) is 3.65. The molecule has 7 heteroatoms. The third-order valence-corrected chi connectivity index (χ3v) is 4.98. The van der Waals surface area contributed by atoms with Crippen LogP contribution in [0, 0.1) is 17.7 Å². The smallest absolute Gasteiger partial charge is 0.255 e. The lowest BCUT2D eigenvalue weighted by Crippen LogP contribution is -2.59. The second-order valence-electron chi connectivity index (χ2n) is 6.82. The zero-order valence-corrected chi connectivity index (χ0v) is 14.9. The Hall–Kier alpha value is -3.48. The van der Waals surface area contributed by atoms with E-state index in [1.165, 1.54) is 29.3 Å². The fourth-order valence-corrected chi connectivity index (χ4v) is 3.54. The van der Waals surface area contributed by atoms with Crippen LogP contribution in [0.2, 0.25) is 0 Å². The Morgan fingerprint density at radius 2 is 1.79 bits per heavy atom. The fraction of sp³-hybridized carbons (Fsp3) is 0.190. The summed E-state index contributed by atoms with van der Waals surface area (Å²) in [7, 11) is 0. The van der Waals surface area contributed by atoms with Crippen LogP contribution in [0.1, 0.15) is 23.2 Å². The van der Waals surface area contributed by atoms with Crippen LogP contribution >= 0.6 is 0 Å². The quantitative estimate of drug-likeness (QED) is 0.805. The first kappa shape index (κ1) is 17.9. The molecule has 142 valence electrons. The highest BCUT2D eigenvalue weighted by molar-refractivity contribution is 6.07. The Bertz CT molecular complexity index is 988. The van der Waals surface area contributed by atoms with E-state index in [4.69, 9.17) is 0 Å². The van der Waals surface area contributed by atoms with Crippen LogP contribution in [0.15, 0.2) is 60.7 Å². The Morgan fingerprint density at radius 1 is 1.04 bits per heavy atom. The van der Waals surface area contributed by atoms with Gasteiger partial charge in [0.2, 0.25) is 11.8 Å². The molecule has 1 fully saturated rings. The number of allylic oxidation sites excluding steroid dienone is 2. The van der Waals surface area contributed by atoms with Crippen molar-refractivity contribution >= 4 is 29.1 Å². The molecule has 0 aromatic heterocycles. The van der Waals surface area contributed by atoms with Gasteiger partial charge in [0.05, 0.1) is 17.5 Å². The largest absolute Gasteiger partial charge is 0.322 e. The molecule has 2 aromatic carbocycles. The van der Waals surface area contributed by atoms with Gasteiger partial charge in [-0.3, -0.25) is 19.8 Å². The molecule has 0 spiro atoms. The minimum Gasteiger partial charge on any atom is -0.322 e. The predicted octanol–water partition coefficient (Wildman–Crippen LogP) is 3.04. The molecule has 0 bridgehead atoms. The summed E-state index contributed by atoms with van der Waals surface area (Å²) in [4.78, 5) is 37.7. The first-order chi connectivity index (χ1) is 13.5. The second-order valence-corrected chi connectivity index (χ2v) is 6.82. The van der Waals surface area contributed by atoms with Gasteiger partial charge in [0.1, 0.15) is 5.82 Å². The summed E-state index contributed by atoms with van der Waals surface area (Å²) in [5, 5.41) is 3.83. The molecule has 0 saturated carbocycles. The zero-order valence-electron chi connectivity index (χ0n) is 14.9. The first-order valence-electron chi connectivity index (χ1n) is 8.99. The van der Waals surface area contributed by atoms with E-state index in [0.717, 1.165) is 0 Å². The Kier molecular flexibility index (Phi) is 4.65. The normalized spacial score (nSPS) is 21.1. The molecule has 4 rings (SSSR count). The van der Waals surface area contributed by atoms with Gasteiger partial charge in [-0.25, -0.2) is 9.40 Å². The number of halogens is 1. The first-order valence-corrected chi connectivity index (χ1v) is 8.99. The molecule has 2 aromatic rings. The van der Waals surface area contributed by atoms with E-state index in [1.807, 2.05) is 12.2 Å². The maximum atomic E-state index is 13.3. The molecular weight excluding hydrogens is 361 g/mol. The van der Waals surface area contributed by atoms with Crippen LogP contribution in [-0.2, 0) is 9.59 Å². The summed E-state index contributed by atoms with van der Waals surface area (Å²) in [5.74, 6) is -2.05. The number of anilines is 2. The van der Waals surface area contributed by atoms with Crippen LogP contribution in [-0.4, -0.2) is 17.7 Å². The minimum atomic E-state index is -0.454. The highest BCUT2D eigenvalue weighted by Crippen LogP contribution is 2.32. The van der Waals surface area contributed by atoms with Gasteiger partial charge in [-0.1, -0.05) is 24.3 Å². The van der Waals surface area contributed by atoms with Crippen LogP contribution < -0.4 is 15.8 Å². The topological polar surface area (TPSA) is 78.5 Å². The molecule has 28 heavy (non-hydrogen) atoms. The average molecular weight is 379 g/mol. The maximum Gasteiger partial charge on any atom is 0.255 e. The minimum absolute atomic E-state index is 0.198. The number of fused-ring (bicyclic) bond motifs is 1. The van der Waals surface area contributed by atoms with E-state index in [0.29, 0.717) is 24.2 Å². The van der Waals surface area contributed by atoms with Gasteiger partial charge >= 0.3 is 0 Å². The van der Waals surface area contributed by atoms with E-state index in [9.17, 15) is 18.8 Å². The van der Waals surface area contributed by atoms with Crippen molar-refractivity contribution in [2.45, 2.75) is 12.8 Å². The Labute approximate surface area is 161 Å². The monoisotopic (exact) mass is 379 g/mol. The van der Waals surface area contributed by atoms with E-state index in [-0.39, 0.29) is 23.3 Å². The predicted molar refractivity (Wildman–Crippen MR) is 102 cm³/mol. The van der Waals surface area contributed by atoms with Crippen molar-refractivity contribution in [3.8, 4) is 0 Å². The number of nitrogens with one attached hydrogen (secondary N) is 2. The maximum absolute atomic E-state index is 13.3. The molecule has 1 heterocycles. The lowest BCUT2D eigenvalue weighted by atomic mass is 9.80. The second kappa shape index (κ2) is 7.26. The summed E-state index contributed by atoms with van der Waals surface area (Å²) < 4.78 is 13.3. The number of benzene rings is 2. The third-order valence-electron chi connectivity index (χ3n) is 4.98. The standard InChI is InChI=1S/C21H18FN3O3/c22-14-6-4-7-15(12-14)23-19(26)13-5-3-8-16(11-13)25-21(28)18-10-2-1-9-17(18)20(27)24-25/h1-8,11-12,17-18H,9-10H2,(H,23,26)(H,24,27)/t17-,18-/m1/s1. The summed E-state index contributed by atoms with van der Waals surface area (Å²) >= 11 is 0. The highest BCUT2D eigenvalue weighted by Gasteiger charge is 2.42. The van der Waals surface area contributed by atoms with E-state index >= 15 is 0 Å². The van der Waals surface area contributed by atoms with Gasteiger partial charge in [0, 0.05) is 11.3 Å². The van der Waals surface area contributed by atoms with Crippen molar-refractivity contribution in [1.29, 1.82) is 0 Å². The number of hydrogen-bond acceptors (Lipinski definition) is 3. The van der Waals surface area contributed by atoms with Gasteiger partial charge in [-0.05, 0) is 49.2 Å². The number of rotatable bonds is 3. The number of hydrazine groups is 1. The van der Waals surface area contributed by atoms with Crippen molar-refractivity contribution in [2.75, 3.05) is 10.3 Å². The van der Waals surface area contributed by atoms with Crippen LogP contribution in [0.4, 0.5) is 15.8 Å². The van der Waals surface area contributed by atoms with Crippen LogP contribution in [0.3, 0.4) is 0 Å². The molecule has 0 unspecified atom stereocenters. The SMILES string of the molecule is O=C(Nc1cccc(F)c1)c1cccc(N2NC(=O)[C@@H]3CC=CC[C@H]3C2=O)c1. The van der Waals surface area contributed by atoms with Gasteiger partial charge in [-0.2, -0.15) is 0 Å². The van der Waals surface area contributed by atoms with Crippen molar-refractivity contribution in [3.05, 3.63) is 72.1 Å². The molecule has 2 atom stereocenters. The molecule has 1 aliphatic carbocycles. The molecule has 2 aliphatic rings. The molecule has 1 aliphatic heterocycles. The van der Waals surface area contributed by atoms with Crippen LogP contribution in [0.5, 0.6) is 0 Å². The number of hydrogen-bond donors (Lipinski definition) is 2. The van der Waals surface area contributed by atoms with Crippen molar-refractivity contribution < 1.29 is 18.8 Å². The van der Waals surface area contributed by atoms with E-state index < -0.39 is 17.6 Å². The van der Waals surface area contributed by atoms with Gasteiger partial charge < -0.3 is 5.32 Å². The van der Waals surface area contributed by atoms with Crippen molar-refractivity contribution in [2.24, 2.45) is 11.8 Å². The average Bonchev–Trinajstić information content (AvgIpc) is 2.71. The van der Waals surface area contributed by atoms with Gasteiger partial charge in [-0.15, -0.1) is 0 Å². The lowest BCUT2D eigenvalue weighted by molar-refractivity contribution is -0.139. The summed E-state index contributed by atoms with van der Waals surface area (Å²) in [6.07, 6.45) is 4.90. The lowest BCUT2D eigenvalue weighted by Gasteiger charge is -2.38. The molecule has 0 radical (unpaired) electrons. The number of carbonyl (C=O) groups is 3. The summed E-state index contributed by atoms with van der Waals surface area (Å²) in [6, 6.07) is 12.0. The zero-order chi connectivity index (χ0) is 19.7. The molecule has 6 nitrogen and oxygen atoms in total. The molecular formula is C21H18FN3O3. The van der Waals surface area contributed by atoms with Gasteiger partial charge in [0.15, 0.2) is 0 Å². The molecule has 1 saturated heterocycles. The summed E-state index contributed by atoms with van der Waals surface area (Å²) in [6.45, 7) is 0. The van der Waals surface area contributed by atoms with E-state index in [1.54, 1.807) is 24.3 Å². The number of nitrogens with zero attached hydrogens (tertiary/aromatic N) is 1. The fourth-order valence-electron chi connectivity index (χ4n) is 3.54. The number of amides is 3.